The van der Waals surface area contributed by atoms with Crippen molar-refractivity contribution in [2.24, 2.45) is 5.73 Å². The topological polar surface area (TPSA) is 82.2 Å². The molecule has 3 N–H and O–H groups in total. The minimum Gasteiger partial charge on any atom is -0.380 e. The largest absolute Gasteiger partial charge is 0.380 e. The zero-order chi connectivity index (χ0) is 15.9. The first-order chi connectivity index (χ1) is 10.7. The summed E-state index contributed by atoms with van der Waals surface area (Å²) in [5, 5.41) is 2.90. The number of amides is 1. The van der Waals surface area contributed by atoms with Gasteiger partial charge in [0.15, 0.2) is 0 Å². The van der Waals surface area contributed by atoms with Gasteiger partial charge in [-0.3, -0.25) is 4.79 Å². The Hall–Kier alpha value is -1.92. The zero-order valence-electron chi connectivity index (χ0n) is 13.2. The van der Waals surface area contributed by atoms with E-state index in [0.29, 0.717) is 19.5 Å². The van der Waals surface area contributed by atoms with Crippen molar-refractivity contribution in [2.45, 2.75) is 32.4 Å². The van der Waals surface area contributed by atoms with Gasteiger partial charge in [0.25, 0.3) is 0 Å². The van der Waals surface area contributed by atoms with E-state index in [1.807, 2.05) is 25.1 Å². The second kappa shape index (κ2) is 7.91. The van der Waals surface area contributed by atoms with Crippen LogP contribution in [0, 0.1) is 6.92 Å². The van der Waals surface area contributed by atoms with Gasteiger partial charge in [-0.1, -0.05) is 12.1 Å². The highest BCUT2D eigenvalue weighted by Crippen LogP contribution is 2.15. The number of hydrogen-bond acceptors (Lipinski definition) is 4. The number of carbonyl (C=O) groups excluding carboxylic acids is 1. The lowest BCUT2D eigenvalue weighted by atomic mass is 10.2. The molecule has 0 fully saturated rings. The van der Waals surface area contributed by atoms with Crippen molar-refractivity contribution in [1.82, 2.24) is 14.9 Å². The molecule has 1 heterocycles. The molecule has 0 aliphatic rings. The fraction of sp³-hybridized carbons (Fsp3) is 0.500. The van der Waals surface area contributed by atoms with Crippen LogP contribution in [0.2, 0.25) is 0 Å². The monoisotopic (exact) mass is 304 g/mol. The highest BCUT2D eigenvalue weighted by atomic mass is 16.5. The van der Waals surface area contributed by atoms with E-state index < -0.39 is 0 Å². The maximum absolute atomic E-state index is 11.7. The second-order valence-electron chi connectivity index (χ2n) is 5.30. The third kappa shape index (κ3) is 4.05. The molecule has 0 saturated heterocycles. The van der Waals surface area contributed by atoms with E-state index in [2.05, 4.69) is 20.9 Å². The van der Waals surface area contributed by atoms with Crippen molar-refractivity contribution in [3.63, 3.8) is 0 Å². The Kier molecular flexibility index (Phi) is 5.91. The summed E-state index contributed by atoms with van der Waals surface area (Å²) in [4.78, 5) is 16.3. The van der Waals surface area contributed by atoms with Gasteiger partial charge in [0, 0.05) is 26.7 Å². The molecule has 2 rings (SSSR count). The molecule has 2 aromatic rings. The van der Waals surface area contributed by atoms with Gasteiger partial charge in [-0.25, -0.2) is 4.98 Å². The standard InChI is InChI=1S/C16H24N4O2/c1-12-19-14-6-3-4-7-15(14)20(12)9-5-8-18-16(21)10-13(11-17)22-2/h3-4,6-7,13H,5,8-11,17H2,1-2H3,(H,18,21). The fourth-order valence-electron chi connectivity index (χ4n) is 2.49. The Labute approximate surface area is 130 Å². The molecule has 22 heavy (non-hydrogen) atoms. The SMILES string of the molecule is COC(CN)CC(=O)NCCCn1c(C)nc2ccccc21. The summed E-state index contributed by atoms with van der Waals surface area (Å²) in [7, 11) is 1.57. The first-order valence-electron chi connectivity index (χ1n) is 7.57. The van der Waals surface area contributed by atoms with Gasteiger partial charge in [0.2, 0.25) is 5.91 Å². The molecule has 120 valence electrons. The smallest absolute Gasteiger partial charge is 0.222 e. The Balaban J connectivity index is 1.81. The van der Waals surface area contributed by atoms with Crippen LogP contribution in [0.15, 0.2) is 24.3 Å². The molecule has 1 amide bonds. The lowest BCUT2D eigenvalue weighted by molar-refractivity contribution is -0.123. The number of imidazole rings is 1. The number of benzene rings is 1. The lowest BCUT2D eigenvalue weighted by Crippen LogP contribution is -2.32. The van der Waals surface area contributed by atoms with E-state index in [0.717, 1.165) is 29.8 Å². The van der Waals surface area contributed by atoms with Crippen molar-refractivity contribution >= 4 is 16.9 Å². The maximum atomic E-state index is 11.7. The van der Waals surface area contributed by atoms with Crippen LogP contribution in [0.5, 0.6) is 0 Å². The van der Waals surface area contributed by atoms with Crippen LogP contribution in [-0.2, 0) is 16.1 Å². The molecule has 6 heteroatoms. The van der Waals surface area contributed by atoms with Gasteiger partial charge in [0.1, 0.15) is 5.82 Å². The molecule has 1 unspecified atom stereocenters. The van der Waals surface area contributed by atoms with E-state index in [9.17, 15) is 4.79 Å². The first-order valence-corrected chi connectivity index (χ1v) is 7.57. The summed E-state index contributed by atoms with van der Waals surface area (Å²) >= 11 is 0. The van der Waals surface area contributed by atoms with Crippen molar-refractivity contribution in [2.75, 3.05) is 20.2 Å². The van der Waals surface area contributed by atoms with E-state index >= 15 is 0 Å². The molecule has 6 nitrogen and oxygen atoms in total. The Morgan fingerprint density at radius 3 is 2.95 bits per heavy atom. The molecule has 0 radical (unpaired) electrons. The zero-order valence-corrected chi connectivity index (χ0v) is 13.2. The quantitative estimate of drug-likeness (QED) is 0.718. The van der Waals surface area contributed by atoms with Gasteiger partial charge in [-0.2, -0.15) is 0 Å². The van der Waals surface area contributed by atoms with E-state index in [-0.39, 0.29) is 12.0 Å². The molecule has 1 aromatic carbocycles. The van der Waals surface area contributed by atoms with Gasteiger partial charge >= 0.3 is 0 Å². The molecule has 0 spiro atoms. The van der Waals surface area contributed by atoms with Gasteiger partial charge < -0.3 is 20.4 Å². The fourth-order valence-corrected chi connectivity index (χ4v) is 2.49. The molecule has 0 bridgehead atoms. The summed E-state index contributed by atoms with van der Waals surface area (Å²) in [5.41, 5.74) is 7.65. The average molecular weight is 304 g/mol. The van der Waals surface area contributed by atoms with Crippen LogP contribution in [0.3, 0.4) is 0 Å². The van der Waals surface area contributed by atoms with Gasteiger partial charge in [0.05, 0.1) is 23.6 Å². The summed E-state index contributed by atoms with van der Waals surface area (Å²) in [6.07, 6.45) is 0.951. The van der Waals surface area contributed by atoms with E-state index in [1.165, 1.54) is 0 Å². The number of para-hydroxylation sites is 2. The number of hydrogen-bond donors (Lipinski definition) is 2. The second-order valence-corrected chi connectivity index (χ2v) is 5.30. The number of aryl methyl sites for hydroxylation is 2. The molecule has 0 aliphatic heterocycles. The van der Waals surface area contributed by atoms with Crippen LogP contribution in [0.1, 0.15) is 18.7 Å². The van der Waals surface area contributed by atoms with Crippen LogP contribution >= 0.6 is 0 Å². The number of nitrogens with one attached hydrogen (secondary N) is 1. The minimum absolute atomic E-state index is 0.0236. The predicted molar refractivity (Wildman–Crippen MR) is 86.6 cm³/mol. The number of methoxy groups -OCH3 is 1. The Morgan fingerprint density at radius 1 is 1.45 bits per heavy atom. The maximum Gasteiger partial charge on any atom is 0.222 e. The van der Waals surface area contributed by atoms with Crippen molar-refractivity contribution in [3.05, 3.63) is 30.1 Å². The number of carbonyl (C=O) groups is 1. The summed E-state index contributed by atoms with van der Waals surface area (Å²) in [6.45, 7) is 3.82. The molecule has 1 aromatic heterocycles. The molecular formula is C16H24N4O2. The van der Waals surface area contributed by atoms with Crippen LogP contribution < -0.4 is 11.1 Å². The molecule has 1 atom stereocenters. The number of nitrogens with two attached hydrogens (primary N) is 1. The number of rotatable bonds is 8. The number of ether oxygens (including phenoxy) is 1. The lowest BCUT2D eigenvalue weighted by Gasteiger charge is -2.13. The minimum atomic E-state index is -0.208. The summed E-state index contributed by atoms with van der Waals surface area (Å²) in [5.74, 6) is 0.972. The van der Waals surface area contributed by atoms with Crippen molar-refractivity contribution in [1.29, 1.82) is 0 Å². The van der Waals surface area contributed by atoms with Crippen molar-refractivity contribution < 1.29 is 9.53 Å². The number of aromatic nitrogens is 2. The Morgan fingerprint density at radius 2 is 2.23 bits per heavy atom. The van der Waals surface area contributed by atoms with Crippen LogP contribution in [0.4, 0.5) is 0 Å². The molecular weight excluding hydrogens is 280 g/mol. The normalized spacial score (nSPS) is 12.5. The van der Waals surface area contributed by atoms with Crippen molar-refractivity contribution in [3.8, 4) is 0 Å². The Bertz CT molecular complexity index is 620. The number of nitrogens with zero attached hydrogens (tertiary/aromatic N) is 2. The predicted octanol–water partition coefficient (Wildman–Crippen LogP) is 1.21. The average Bonchev–Trinajstić information content (AvgIpc) is 2.84. The van der Waals surface area contributed by atoms with Gasteiger partial charge in [-0.05, 0) is 25.5 Å². The van der Waals surface area contributed by atoms with Crippen LogP contribution in [0.25, 0.3) is 11.0 Å². The van der Waals surface area contributed by atoms with Crippen LogP contribution in [-0.4, -0.2) is 41.8 Å². The first kappa shape index (κ1) is 16.5. The summed E-state index contributed by atoms with van der Waals surface area (Å²) < 4.78 is 7.28. The highest BCUT2D eigenvalue weighted by molar-refractivity contribution is 5.76. The third-order valence-corrected chi connectivity index (χ3v) is 3.74. The van der Waals surface area contributed by atoms with E-state index in [4.69, 9.17) is 10.5 Å². The summed E-state index contributed by atoms with van der Waals surface area (Å²) in [6, 6.07) is 8.08. The van der Waals surface area contributed by atoms with E-state index in [1.54, 1.807) is 7.11 Å². The third-order valence-electron chi connectivity index (χ3n) is 3.74. The molecule has 0 saturated carbocycles. The van der Waals surface area contributed by atoms with Gasteiger partial charge in [-0.15, -0.1) is 0 Å². The molecule has 0 aliphatic carbocycles. The highest BCUT2D eigenvalue weighted by Gasteiger charge is 2.11. The number of fused-ring (bicyclic) bond motifs is 1.